The Labute approximate surface area is 110 Å². The van der Waals surface area contributed by atoms with Crippen LogP contribution in [0, 0.1) is 23.2 Å². The van der Waals surface area contributed by atoms with Crippen LogP contribution in [-0.4, -0.2) is 36.0 Å². The van der Waals surface area contributed by atoms with Crippen molar-refractivity contribution in [1.82, 2.24) is 10.2 Å². The van der Waals surface area contributed by atoms with Gasteiger partial charge in [-0.15, -0.1) is 0 Å². The number of likely N-dealkylation sites (N-methyl/N-ethyl adjacent to an activating group) is 1. The van der Waals surface area contributed by atoms with E-state index in [9.17, 15) is 4.79 Å². The van der Waals surface area contributed by atoms with Gasteiger partial charge in [0.15, 0.2) is 0 Å². The highest BCUT2D eigenvalue weighted by Crippen LogP contribution is 2.34. The summed E-state index contributed by atoms with van der Waals surface area (Å²) in [7, 11) is 1.97. The first-order chi connectivity index (χ1) is 8.30. The van der Waals surface area contributed by atoms with Crippen LogP contribution in [0.2, 0.25) is 0 Å². The van der Waals surface area contributed by atoms with E-state index in [0.717, 1.165) is 5.92 Å². The Balaban J connectivity index is 2.48. The number of rotatable bonds is 6. The predicted molar refractivity (Wildman–Crippen MR) is 71.8 cm³/mol. The molecule has 2 atom stereocenters. The molecule has 1 amide bonds. The SMILES string of the molecule is CC(C1CC1)N(C)CC(=O)NC(C)(C#N)C(C)C. The van der Waals surface area contributed by atoms with E-state index in [-0.39, 0.29) is 11.8 Å². The molecule has 1 saturated carbocycles. The van der Waals surface area contributed by atoms with Gasteiger partial charge < -0.3 is 5.32 Å². The average Bonchev–Trinajstić information content (AvgIpc) is 3.11. The highest BCUT2D eigenvalue weighted by Gasteiger charge is 2.33. The molecule has 0 radical (unpaired) electrons. The summed E-state index contributed by atoms with van der Waals surface area (Å²) in [6.07, 6.45) is 2.55. The number of carbonyl (C=O) groups is 1. The van der Waals surface area contributed by atoms with Crippen LogP contribution >= 0.6 is 0 Å². The molecule has 0 bridgehead atoms. The smallest absolute Gasteiger partial charge is 0.235 e. The van der Waals surface area contributed by atoms with Gasteiger partial charge in [-0.1, -0.05) is 13.8 Å². The molecule has 1 N–H and O–H groups in total. The lowest BCUT2D eigenvalue weighted by atomic mass is 9.90. The topological polar surface area (TPSA) is 56.1 Å². The first kappa shape index (κ1) is 15.0. The van der Waals surface area contributed by atoms with Crippen LogP contribution in [0.4, 0.5) is 0 Å². The van der Waals surface area contributed by atoms with Crippen LogP contribution in [0.5, 0.6) is 0 Å². The number of hydrogen-bond donors (Lipinski definition) is 1. The summed E-state index contributed by atoms with van der Waals surface area (Å²) in [5.74, 6) is 0.774. The molecule has 0 aromatic heterocycles. The first-order valence-corrected chi connectivity index (χ1v) is 6.72. The Morgan fingerprint density at radius 1 is 1.50 bits per heavy atom. The lowest BCUT2D eigenvalue weighted by Gasteiger charge is -2.30. The highest BCUT2D eigenvalue weighted by molar-refractivity contribution is 5.79. The van der Waals surface area contributed by atoms with Crippen LogP contribution in [0.15, 0.2) is 0 Å². The van der Waals surface area contributed by atoms with E-state index in [1.54, 1.807) is 6.92 Å². The van der Waals surface area contributed by atoms with Crippen molar-refractivity contribution in [1.29, 1.82) is 5.26 Å². The quantitative estimate of drug-likeness (QED) is 0.782. The molecule has 0 aromatic rings. The molecule has 0 heterocycles. The zero-order valence-electron chi connectivity index (χ0n) is 12.2. The molecule has 1 aliphatic rings. The van der Waals surface area contributed by atoms with E-state index in [1.165, 1.54) is 12.8 Å². The second kappa shape index (κ2) is 5.71. The van der Waals surface area contributed by atoms with Gasteiger partial charge in [0.1, 0.15) is 5.54 Å². The van der Waals surface area contributed by atoms with E-state index >= 15 is 0 Å². The van der Waals surface area contributed by atoms with Crippen molar-refractivity contribution < 1.29 is 4.79 Å². The fourth-order valence-corrected chi connectivity index (χ4v) is 1.94. The monoisotopic (exact) mass is 251 g/mol. The van der Waals surface area contributed by atoms with E-state index in [2.05, 4.69) is 23.2 Å². The summed E-state index contributed by atoms with van der Waals surface area (Å²) < 4.78 is 0. The van der Waals surface area contributed by atoms with Gasteiger partial charge in [0.05, 0.1) is 12.6 Å². The van der Waals surface area contributed by atoms with Gasteiger partial charge in [0.2, 0.25) is 5.91 Å². The lowest BCUT2D eigenvalue weighted by Crippen LogP contribution is -2.52. The maximum absolute atomic E-state index is 12.0. The van der Waals surface area contributed by atoms with Crippen molar-refractivity contribution in [2.24, 2.45) is 11.8 Å². The van der Waals surface area contributed by atoms with Gasteiger partial charge in [0.25, 0.3) is 0 Å². The van der Waals surface area contributed by atoms with Gasteiger partial charge in [-0.05, 0) is 45.6 Å². The Morgan fingerprint density at radius 3 is 2.44 bits per heavy atom. The van der Waals surface area contributed by atoms with E-state index in [0.29, 0.717) is 12.6 Å². The molecule has 0 aliphatic heterocycles. The fraction of sp³-hybridized carbons (Fsp3) is 0.857. The van der Waals surface area contributed by atoms with Gasteiger partial charge >= 0.3 is 0 Å². The van der Waals surface area contributed by atoms with Crippen LogP contribution in [0.3, 0.4) is 0 Å². The third-order valence-corrected chi connectivity index (χ3v) is 4.18. The average molecular weight is 251 g/mol. The zero-order chi connectivity index (χ0) is 13.9. The second-order valence-corrected chi connectivity index (χ2v) is 6.01. The standard InChI is InChI=1S/C14H25N3O/c1-10(2)14(4,9-15)16-13(18)8-17(5)11(3)12-6-7-12/h10-12H,6-8H2,1-5H3,(H,16,18). The Kier molecular flexibility index (Phi) is 4.75. The maximum Gasteiger partial charge on any atom is 0.235 e. The van der Waals surface area contributed by atoms with Crippen molar-refractivity contribution in [3.05, 3.63) is 0 Å². The Bertz CT molecular complexity index is 343. The molecule has 1 fully saturated rings. The molecule has 0 saturated heterocycles. The minimum atomic E-state index is -0.777. The Morgan fingerprint density at radius 2 is 2.06 bits per heavy atom. The maximum atomic E-state index is 12.0. The molecule has 18 heavy (non-hydrogen) atoms. The molecule has 4 heteroatoms. The van der Waals surface area contributed by atoms with Gasteiger partial charge in [-0.25, -0.2) is 0 Å². The number of hydrogen-bond acceptors (Lipinski definition) is 3. The van der Waals surface area contributed by atoms with E-state index in [1.807, 2.05) is 20.9 Å². The van der Waals surface area contributed by atoms with Crippen molar-refractivity contribution in [3.8, 4) is 6.07 Å². The summed E-state index contributed by atoms with van der Waals surface area (Å²) >= 11 is 0. The molecule has 1 rings (SSSR count). The Hall–Kier alpha value is -1.08. The summed E-state index contributed by atoms with van der Waals surface area (Å²) in [5.41, 5.74) is -0.777. The summed E-state index contributed by atoms with van der Waals surface area (Å²) in [5, 5.41) is 12.0. The van der Waals surface area contributed by atoms with Crippen LogP contribution in [-0.2, 0) is 4.79 Å². The van der Waals surface area contributed by atoms with Crippen LogP contribution in [0.25, 0.3) is 0 Å². The minimum Gasteiger partial charge on any atom is -0.337 e. The van der Waals surface area contributed by atoms with Crippen LogP contribution < -0.4 is 5.32 Å². The van der Waals surface area contributed by atoms with Crippen molar-refractivity contribution >= 4 is 5.91 Å². The molecular formula is C14H25N3O. The van der Waals surface area contributed by atoms with Crippen molar-refractivity contribution in [2.45, 2.75) is 52.1 Å². The van der Waals surface area contributed by atoms with Gasteiger partial charge in [0, 0.05) is 6.04 Å². The first-order valence-electron chi connectivity index (χ1n) is 6.72. The fourth-order valence-electron chi connectivity index (χ4n) is 1.94. The lowest BCUT2D eigenvalue weighted by molar-refractivity contribution is -0.124. The molecule has 0 aromatic carbocycles. The number of carbonyl (C=O) groups excluding carboxylic acids is 1. The molecule has 0 spiro atoms. The predicted octanol–water partition coefficient (Wildman–Crippen LogP) is 1.77. The number of nitrogens with zero attached hydrogens (tertiary/aromatic N) is 2. The molecule has 102 valence electrons. The highest BCUT2D eigenvalue weighted by atomic mass is 16.2. The molecular weight excluding hydrogens is 226 g/mol. The van der Waals surface area contributed by atoms with E-state index < -0.39 is 5.54 Å². The molecule has 4 nitrogen and oxygen atoms in total. The van der Waals surface area contributed by atoms with Gasteiger partial charge in [-0.2, -0.15) is 5.26 Å². The summed E-state index contributed by atoms with van der Waals surface area (Å²) in [4.78, 5) is 14.1. The zero-order valence-corrected chi connectivity index (χ0v) is 12.2. The normalized spacial score (nSPS) is 20.3. The van der Waals surface area contributed by atoms with Crippen molar-refractivity contribution in [3.63, 3.8) is 0 Å². The van der Waals surface area contributed by atoms with E-state index in [4.69, 9.17) is 5.26 Å². The largest absolute Gasteiger partial charge is 0.337 e. The second-order valence-electron chi connectivity index (χ2n) is 6.01. The third-order valence-electron chi connectivity index (χ3n) is 4.18. The summed E-state index contributed by atoms with van der Waals surface area (Å²) in [6.45, 7) is 8.19. The summed E-state index contributed by atoms with van der Waals surface area (Å²) in [6, 6.07) is 2.64. The molecule has 2 unspecified atom stereocenters. The third kappa shape index (κ3) is 3.71. The number of amides is 1. The van der Waals surface area contributed by atoms with Gasteiger partial charge in [-0.3, -0.25) is 9.69 Å². The number of nitrogens with one attached hydrogen (secondary N) is 1. The molecule has 1 aliphatic carbocycles. The number of nitriles is 1. The van der Waals surface area contributed by atoms with Crippen molar-refractivity contribution in [2.75, 3.05) is 13.6 Å². The minimum absolute atomic E-state index is 0.0669. The van der Waals surface area contributed by atoms with Crippen LogP contribution in [0.1, 0.15) is 40.5 Å².